The lowest BCUT2D eigenvalue weighted by atomic mass is 9.79. The van der Waals surface area contributed by atoms with Crippen LogP contribution in [-0.4, -0.2) is 35.1 Å². The Kier molecular flexibility index (Phi) is 5.26. The third-order valence-corrected chi connectivity index (χ3v) is 3.95. The van der Waals surface area contributed by atoms with Gasteiger partial charge in [-0.2, -0.15) is 0 Å². The van der Waals surface area contributed by atoms with Crippen molar-refractivity contribution < 1.29 is 9.90 Å². The molecule has 1 N–H and O–H groups in total. The molecule has 16 heavy (non-hydrogen) atoms. The lowest BCUT2D eigenvalue weighted by Crippen LogP contribution is -2.41. The van der Waals surface area contributed by atoms with Crippen molar-refractivity contribution in [2.24, 2.45) is 11.8 Å². The lowest BCUT2D eigenvalue weighted by molar-refractivity contribution is -0.139. The number of carbonyl (C=O) groups is 1. The molecule has 0 aliphatic heterocycles. The first-order valence-corrected chi connectivity index (χ1v) is 6.50. The van der Waals surface area contributed by atoms with E-state index in [0.717, 1.165) is 18.4 Å². The van der Waals surface area contributed by atoms with E-state index in [9.17, 15) is 4.79 Å². The van der Waals surface area contributed by atoms with Gasteiger partial charge in [-0.25, -0.2) is 0 Å². The highest BCUT2D eigenvalue weighted by molar-refractivity contribution is 5.69. The first-order valence-electron chi connectivity index (χ1n) is 6.50. The van der Waals surface area contributed by atoms with Crippen molar-refractivity contribution in [3.05, 3.63) is 0 Å². The Labute approximate surface area is 98.8 Å². The van der Waals surface area contributed by atoms with Crippen molar-refractivity contribution in [3.8, 4) is 0 Å². The minimum Gasteiger partial charge on any atom is -0.480 e. The highest BCUT2D eigenvalue weighted by Crippen LogP contribution is 2.31. The quantitative estimate of drug-likeness (QED) is 0.785. The van der Waals surface area contributed by atoms with Crippen LogP contribution < -0.4 is 0 Å². The summed E-state index contributed by atoms with van der Waals surface area (Å²) in [5.41, 5.74) is 0. The van der Waals surface area contributed by atoms with Crippen LogP contribution in [0.3, 0.4) is 0 Å². The van der Waals surface area contributed by atoms with E-state index in [4.69, 9.17) is 5.11 Å². The molecule has 3 nitrogen and oxygen atoms in total. The maximum Gasteiger partial charge on any atom is 0.317 e. The molecular weight excluding hydrogens is 202 g/mol. The SMILES string of the molecule is CCN(CC(=O)O)C1CCC(C(C)C)CC1. The molecule has 0 amide bonds. The molecule has 0 spiro atoms. The second-order valence-electron chi connectivity index (χ2n) is 5.27. The summed E-state index contributed by atoms with van der Waals surface area (Å²) < 4.78 is 0. The normalized spacial score (nSPS) is 26.3. The minimum atomic E-state index is -0.701. The number of hydrogen-bond acceptors (Lipinski definition) is 2. The van der Waals surface area contributed by atoms with Crippen molar-refractivity contribution in [2.45, 2.75) is 52.5 Å². The zero-order valence-corrected chi connectivity index (χ0v) is 10.8. The van der Waals surface area contributed by atoms with E-state index in [0.29, 0.717) is 6.04 Å². The molecule has 0 radical (unpaired) electrons. The highest BCUT2D eigenvalue weighted by Gasteiger charge is 2.27. The van der Waals surface area contributed by atoms with E-state index in [-0.39, 0.29) is 6.54 Å². The molecule has 3 heteroatoms. The summed E-state index contributed by atoms with van der Waals surface area (Å²) >= 11 is 0. The molecule has 0 atom stereocenters. The summed E-state index contributed by atoms with van der Waals surface area (Å²) in [4.78, 5) is 12.9. The molecule has 1 saturated carbocycles. The molecule has 0 unspecified atom stereocenters. The summed E-state index contributed by atoms with van der Waals surface area (Å²) in [5, 5.41) is 8.84. The third kappa shape index (κ3) is 3.78. The molecule has 1 aliphatic carbocycles. The fraction of sp³-hybridized carbons (Fsp3) is 0.923. The number of rotatable bonds is 5. The summed E-state index contributed by atoms with van der Waals surface area (Å²) in [6.45, 7) is 7.69. The topological polar surface area (TPSA) is 40.5 Å². The van der Waals surface area contributed by atoms with E-state index >= 15 is 0 Å². The Bertz CT molecular complexity index is 220. The van der Waals surface area contributed by atoms with Crippen LogP contribution in [-0.2, 0) is 4.79 Å². The van der Waals surface area contributed by atoms with Crippen LogP contribution in [0.15, 0.2) is 0 Å². The van der Waals surface area contributed by atoms with Gasteiger partial charge in [-0.1, -0.05) is 20.8 Å². The molecule has 1 fully saturated rings. The maximum absolute atomic E-state index is 10.7. The molecule has 0 aromatic rings. The van der Waals surface area contributed by atoms with Crippen LogP contribution in [0.2, 0.25) is 0 Å². The van der Waals surface area contributed by atoms with E-state index in [1.807, 2.05) is 0 Å². The third-order valence-electron chi connectivity index (χ3n) is 3.95. The number of nitrogens with zero attached hydrogens (tertiary/aromatic N) is 1. The molecule has 1 rings (SSSR count). The van der Waals surface area contributed by atoms with Gasteiger partial charge >= 0.3 is 5.97 Å². The Morgan fingerprint density at radius 3 is 2.25 bits per heavy atom. The Balaban J connectivity index is 2.41. The number of hydrogen-bond donors (Lipinski definition) is 1. The number of likely N-dealkylation sites (N-methyl/N-ethyl adjacent to an activating group) is 1. The molecule has 0 saturated heterocycles. The maximum atomic E-state index is 10.7. The van der Waals surface area contributed by atoms with Gasteiger partial charge in [0.15, 0.2) is 0 Å². The average Bonchev–Trinajstić information content (AvgIpc) is 2.25. The first-order chi connectivity index (χ1) is 7.54. The Hall–Kier alpha value is -0.570. The standard InChI is InChI=1S/C13H25NO2/c1-4-14(9-13(15)16)12-7-5-11(6-8-12)10(2)3/h10-12H,4-9H2,1-3H3,(H,15,16). The number of carboxylic acid groups (broad SMARTS) is 1. The minimum absolute atomic E-state index is 0.202. The van der Waals surface area contributed by atoms with Crippen molar-refractivity contribution in [1.82, 2.24) is 4.90 Å². The first kappa shape index (κ1) is 13.5. The molecule has 94 valence electrons. The zero-order chi connectivity index (χ0) is 12.1. The fourth-order valence-corrected chi connectivity index (χ4v) is 2.81. The van der Waals surface area contributed by atoms with Crippen LogP contribution in [0.5, 0.6) is 0 Å². The van der Waals surface area contributed by atoms with Crippen molar-refractivity contribution in [1.29, 1.82) is 0 Å². The molecule has 1 aliphatic rings. The monoisotopic (exact) mass is 227 g/mol. The van der Waals surface area contributed by atoms with Gasteiger partial charge in [-0.3, -0.25) is 9.69 Å². The van der Waals surface area contributed by atoms with Crippen LogP contribution in [0.4, 0.5) is 0 Å². The summed E-state index contributed by atoms with van der Waals surface area (Å²) in [7, 11) is 0. The van der Waals surface area contributed by atoms with Crippen LogP contribution in [0, 0.1) is 11.8 Å². The average molecular weight is 227 g/mol. The molecule has 0 aromatic heterocycles. The van der Waals surface area contributed by atoms with Crippen molar-refractivity contribution in [2.75, 3.05) is 13.1 Å². The second kappa shape index (κ2) is 6.24. The Morgan fingerprint density at radius 2 is 1.88 bits per heavy atom. The second-order valence-corrected chi connectivity index (χ2v) is 5.27. The van der Waals surface area contributed by atoms with Crippen LogP contribution in [0.25, 0.3) is 0 Å². The van der Waals surface area contributed by atoms with Gasteiger partial charge < -0.3 is 5.11 Å². The van der Waals surface area contributed by atoms with Gasteiger partial charge in [-0.05, 0) is 44.1 Å². The fourth-order valence-electron chi connectivity index (χ4n) is 2.81. The molecular formula is C13H25NO2. The molecule has 0 bridgehead atoms. The zero-order valence-electron chi connectivity index (χ0n) is 10.8. The van der Waals surface area contributed by atoms with E-state index in [1.165, 1.54) is 25.7 Å². The van der Waals surface area contributed by atoms with E-state index in [1.54, 1.807) is 0 Å². The number of aliphatic carboxylic acids is 1. The van der Waals surface area contributed by atoms with Gasteiger partial charge in [0.2, 0.25) is 0 Å². The predicted molar refractivity (Wildman–Crippen MR) is 65.5 cm³/mol. The largest absolute Gasteiger partial charge is 0.480 e. The van der Waals surface area contributed by atoms with Crippen LogP contribution >= 0.6 is 0 Å². The van der Waals surface area contributed by atoms with Crippen molar-refractivity contribution >= 4 is 5.97 Å². The van der Waals surface area contributed by atoms with Gasteiger partial charge in [0, 0.05) is 6.04 Å². The summed E-state index contributed by atoms with van der Waals surface area (Å²) in [5.74, 6) is 0.920. The summed E-state index contributed by atoms with van der Waals surface area (Å²) in [6.07, 6.45) is 4.87. The smallest absolute Gasteiger partial charge is 0.317 e. The van der Waals surface area contributed by atoms with Gasteiger partial charge in [-0.15, -0.1) is 0 Å². The Morgan fingerprint density at radius 1 is 1.31 bits per heavy atom. The molecule has 0 aromatic carbocycles. The van der Waals surface area contributed by atoms with Crippen LogP contribution in [0.1, 0.15) is 46.5 Å². The van der Waals surface area contributed by atoms with E-state index < -0.39 is 5.97 Å². The predicted octanol–water partition coefficient (Wildman–Crippen LogP) is 2.61. The highest BCUT2D eigenvalue weighted by atomic mass is 16.4. The summed E-state index contributed by atoms with van der Waals surface area (Å²) in [6, 6.07) is 0.496. The van der Waals surface area contributed by atoms with Gasteiger partial charge in [0.1, 0.15) is 0 Å². The van der Waals surface area contributed by atoms with Gasteiger partial charge in [0.05, 0.1) is 6.54 Å². The number of carboxylic acids is 1. The lowest BCUT2D eigenvalue weighted by Gasteiger charge is -2.36. The van der Waals surface area contributed by atoms with Gasteiger partial charge in [0.25, 0.3) is 0 Å². The van der Waals surface area contributed by atoms with Crippen molar-refractivity contribution in [3.63, 3.8) is 0 Å². The van der Waals surface area contributed by atoms with E-state index in [2.05, 4.69) is 25.7 Å². The molecule has 0 heterocycles.